The number of halogens is 2. The molecule has 1 fully saturated rings. The molecule has 0 aliphatic carbocycles. The molecule has 0 saturated carbocycles. The first kappa shape index (κ1) is 15.7. The van der Waals surface area contributed by atoms with Gasteiger partial charge in [0.25, 0.3) is 5.91 Å². The lowest BCUT2D eigenvalue weighted by Crippen LogP contribution is -2.43. The van der Waals surface area contributed by atoms with Gasteiger partial charge >= 0.3 is 0 Å². The molecule has 4 nitrogen and oxygen atoms in total. The van der Waals surface area contributed by atoms with Crippen molar-refractivity contribution in [1.29, 1.82) is 0 Å². The lowest BCUT2D eigenvalue weighted by molar-refractivity contribution is 0.0403. The molecule has 1 aromatic carbocycles. The lowest BCUT2D eigenvalue weighted by atomic mass is 10.2. The number of hydrogen-bond acceptors (Lipinski definition) is 4. The van der Waals surface area contributed by atoms with E-state index in [2.05, 4.69) is 5.32 Å². The summed E-state index contributed by atoms with van der Waals surface area (Å²) in [6, 6.07) is 4.45. The molecule has 0 bridgehead atoms. The number of nitrogens with one attached hydrogen (secondary N) is 1. The monoisotopic (exact) mass is 343 g/mol. The SMILES string of the molecule is CCO[C@@H]1COC[C@H]1NC(=O)c1sc2cccc(F)c2c1Cl. The molecule has 1 aromatic heterocycles. The van der Waals surface area contributed by atoms with Gasteiger partial charge in [-0.05, 0) is 19.1 Å². The number of benzene rings is 1. The van der Waals surface area contributed by atoms with Crippen molar-refractivity contribution in [2.75, 3.05) is 19.8 Å². The van der Waals surface area contributed by atoms with E-state index in [4.69, 9.17) is 21.1 Å². The summed E-state index contributed by atoms with van der Waals surface area (Å²) in [6.07, 6.45) is -0.168. The largest absolute Gasteiger partial charge is 0.376 e. The van der Waals surface area contributed by atoms with Crippen LogP contribution in [0, 0.1) is 5.82 Å². The first-order valence-corrected chi connectivity index (χ1v) is 8.18. The smallest absolute Gasteiger partial charge is 0.263 e. The van der Waals surface area contributed by atoms with Crippen LogP contribution in [-0.2, 0) is 9.47 Å². The normalized spacial score (nSPS) is 21.4. The second-order valence-electron chi connectivity index (χ2n) is 4.97. The zero-order valence-electron chi connectivity index (χ0n) is 11.9. The van der Waals surface area contributed by atoms with Gasteiger partial charge in [0.15, 0.2) is 0 Å². The Hall–Kier alpha value is -1.21. The number of hydrogen-bond donors (Lipinski definition) is 1. The van der Waals surface area contributed by atoms with Crippen LogP contribution < -0.4 is 5.32 Å². The molecule has 22 heavy (non-hydrogen) atoms. The van der Waals surface area contributed by atoms with E-state index < -0.39 is 5.82 Å². The van der Waals surface area contributed by atoms with Crippen molar-refractivity contribution in [3.63, 3.8) is 0 Å². The van der Waals surface area contributed by atoms with Crippen molar-refractivity contribution in [2.45, 2.75) is 19.1 Å². The highest BCUT2D eigenvalue weighted by molar-refractivity contribution is 7.21. The van der Waals surface area contributed by atoms with Crippen LogP contribution in [0.5, 0.6) is 0 Å². The van der Waals surface area contributed by atoms with E-state index in [0.717, 1.165) is 0 Å². The molecule has 118 valence electrons. The molecule has 0 radical (unpaired) electrons. The van der Waals surface area contributed by atoms with Gasteiger partial charge in [-0.25, -0.2) is 4.39 Å². The number of ether oxygens (including phenoxy) is 2. The summed E-state index contributed by atoms with van der Waals surface area (Å²) in [5, 5.41) is 3.32. The summed E-state index contributed by atoms with van der Waals surface area (Å²) in [7, 11) is 0. The van der Waals surface area contributed by atoms with Gasteiger partial charge in [-0.2, -0.15) is 0 Å². The minimum absolute atomic E-state index is 0.155. The van der Waals surface area contributed by atoms with Crippen LogP contribution in [0.2, 0.25) is 5.02 Å². The quantitative estimate of drug-likeness (QED) is 0.927. The third-order valence-corrected chi connectivity index (χ3v) is 5.18. The fourth-order valence-corrected chi connectivity index (χ4v) is 3.96. The van der Waals surface area contributed by atoms with E-state index in [1.54, 1.807) is 12.1 Å². The molecule has 1 N–H and O–H groups in total. The van der Waals surface area contributed by atoms with Crippen LogP contribution in [0.4, 0.5) is 4.39 Å². The molecular weight excluding hydrogens is 329 g/mol. The van der Waals surface area contributed by atoms with Crippen molar-refractivity contribution in [3.05, 3.63) is 33.9 Å². The lowest BCUT2D eigenvalue weighted by Gasteiger charge is -2.18. The maximum absolute atomic E-state index is 13.8. The third-order valence-electron chi connectivity index (χ3n) is 3.54. The number of carbonyl (C=O) groups excluding carboxylic acids is 1. The summed E-state index contributed by atoms with van der Waals surface area (Å²) in [6.45, 7) is 3.29. The Labute approximate surface area is 136 Å². The van der Waals surface area contributed by atoms with Gasteiger partial charge in [0.05, 0.1) is 24.3 Å². The maximum atomic E-state index is 13.8. The van der Waals surface area contributed by atoms with Crippen LogP contribution in [0.25, 0.3) is 10.1 Å². The minimum atomic E-state index is -0.422. The highest BCUT2D eigenvalue weighted by atomic mass is 35.5. The van der Waals surface area contributed by atoms with Gasteiger partial charge in [-0.15, -0.1) is 11.3 Å². The first-order valence-electron chi connectivity index (χ1n) is 6.98. The maximum Gasteiger partial charge on any atom is 0.263 e. The van der Waals surface area contributed by atoms with Gasteiger partial charge in [0.1, 0.15) is 16.8 Å². The molecule has 0 unspecified atom stereocenters. The van der Waals surface area contributed by atoms with E-state index in [0.29, 0.717) is 34.8 Å². The zero-order chi connectivity index (χ0) is 15.7. The Bertz CT molecular complexity index is 705. The van der Waals surface area contributed by atoms with Crippen molar-refractivity contribution in [2.24, 2.45) is 0 Å². The van der Waals surface area contributed by atoms with Gasteiger partial charge in [0.2, 0.25) is 0 Å². The molecule has 3 rings (SSSR count). The molecule has 1 saturated heterocycles. The Balaban J connectivity index is 1.83. The topological polar surface area (TPSA) is 47.6 Å². The van der Waals surface area contributed by atoms with Crippen LogP contribution >= 0.6 is 22.9 Å². The van der Waals surface area contributed by atoms with E-state index in [9.17, 15) is 9.18 Å². The molecule has 1 amide bonds. The standard InChI is InChI=1S/C15H15ClFNO3S/c1-2-21-10-7-20-6-9(10)18-15(19)14-13(16)12-8(17)4-3-5-11(12)22-14/h3-5,9-10H,2,6-7H2,1H3,(H,18,19)/t9-,10-/m1/s1. The molecule has 0 spiro atoms. The highest BCUT2D eigenvalue weighted by Crippen LogP contribution is 2.36. The predicted molar refractivity (Wildman–Crippen MR) is 84.3 cm³/mol. The fraction of sp³-hybridized carbons (Fsp3) is 0.400. The van der Waals surface area contributed by atoms with Crippen LogP contribution in [-0.4, -0.2) is 37.9 Å². The number of amides is 1. The summed E-state index contributed by atoms with van der Waals surface area (Å²) in [4.78, 5) is 12.7. The second kappa shape index (κ2) is 6.50. The first-order chi connectivity index (χ1) is 10.6. The van der Waals surface area contributed by atoms with Crippen molar-refractivity contribution in [3.8, 4) is 0 Å². The fourth-order valence-electron chi connectivity index (χ4n) is 2.50. The highest BCUT2D eigenvalue weighted by Gasteiger charge is 2.31. The number of carbonyl (C=O) groups is 1. The average Bonchev–Trinajstić information content (AvgIpc) is 3.05. The molecular formula is C15H15ClFNO3S. The summed E-state index contributed by atoms with van der Waals surface area (Å²) in [5.41, 5.74) is 0. The van der Waals surface area contributed by atoms with E-state index in [-0.39, 0.29) is 23.1 Å². The van der Waals surface area contributed by atoms with E-state index >= 15 is 0 Å². The van der Waals surface area contributed by atoms with Crippen molar-refractivity contribution >= 4 is 38.9 Å². The predicted octanol–water partition coefficient (Wildman–Crippen LogP) is 3.23. The van der Waals surface area contributed by atoms with Gasteiger partial charge in [0, 0.05) is 16.7 Å². The van der Waals surface area contributed by atoms with Crippen molar-refractivity contribution in [1.82, 2.24) is 5.32 Å². The third kappa shape index (κ3) is 2.84. The van der Waals surface area contributed by atoms with E-state index in [1.807, 2.05) is 6.92 Å². The summed E-state index contributed by atoms with van der Waals surface area (Å²) < 4.78 is 25.4. The number of fused-ring (bicyclic) bond motifs is 1. The Kier molecular flexibility index (Phi) is 4.63. The number of thiophene rings is 1. The average molecular weight is 344 g/mol. The summed E-state index contributed by atoms with van der Waals surface area (Å²) >= 11 is 7.37. The number of rotatable bonds is 4. The summed E-state index contributed by atoms with van der Waals surface area (Å²) in [5.74, 6) is -0.750. The Morgan fingerprint density at radius 3 is 3.09 bits per heavy atom. The molecule has 2 atom stereocenters. The van der Waals surface area contributed by atoms with Gasteiger partial charge < -0.3 is 14.8 Å². The minimum Gasteiger partial charge on any atom is -0.376 e. The van der Waals surface area contributed by atoms with Crippen LogP contribution in [0.1, 0.15) is 16.6 Å². The van der Waals surface area contributed by atoms with Crippen LogP contribution in [0.3, 0.4) is 0 Å². The van der Waals surface area contributed by atoms with Crippen LogP contribution in [0.15, 0.2) is 18.2 Å². The zero-order valence-corrected chi connectivity index (χ0v) is 13.5. The molecule has 7 heteroatoms. The second-order valence-corrected chi connectivity index (χ2v) is 6.40. The molecule has 2 heterocycles. The Morgan fingerprint density at radius 1 is 1.55 bits per heavy atom. The Morgan fingerprint density at radius 2 is 2.36 bits per heavy atom. The van der Waals surface area contributed by atoms with Crippen molar-refractivity contribution < 1.29 is 18.7 Å². The van der Waals surface area contributed by atoms with Gasteiger partial charge in [-0.1, -0.05) is 17.7 Å². The molecule has 2 aromatic rings. The van der Waals surface area contributed by atoms with Gasteiger partial charge in [-0.3, -0.25) is 4.79 Å². The van der Waals surface area contributed by atoms with E-state index in [1.165, 1.54) is 17.4 Å². The molecule has 1 aliphatic rings. The molecule has 1 aliphatic heterocycles.